The Kier molecular flexibility index (Phi) is 7.80. The lowest BCUT2D eigenvalue weighted by Gasteiger charge is -2.35. The highest BCUT2D eigenvalue weighted by atomic mass is 35.5. The van der Waals surface area contributed by atoms with Crippen molar-refractivity contribution in [2.75, 3.05) is 30.3 Å². The van der Waals surface area contributed by atoms with Crippen LogP contribution < -0.4 is 16.4 Å². The molecule has 1 aliphatic heterocycles. The van der Waals surface area contributed by atoms with Crippen LogP contribution in [-0.4, -0.2) is 40.8 Å². The average Bonchev–Trinajstić information content (AvgIpc) is 2.44. The molecule has 0 atom stereocenters. The van der Waals surface area contributed by atoms with Gasteiger partial charge in [0.05, 0.1) is 5.69 Å². The summed E-state index contributed by atoms with van der Waals surface area (Å²) in [6.45, 7) is 2.24. The molecule has 0 unspecified atom stereocenters. The molecule has 1 saturated heterocycles. The molecule has 3 rings (SSSR count). The van der Waals surface area contributed by atoms with Crippen molar-refractivity contribution in [3.8, 4) is 0 Å². The van der Waals surface area contributed by atoms with Crippen molar-refractivity contribution in [1.82, 2.24) is 9.97 Å². The highest BCUT2D eigenvalue weighted by Gasteiger charge is 2.30. The summed E-state index contributed by atoms with van der Waals surface area (Å²) in [5, 5.41) is 9.03. The lowest BCUT2D eigenvalue weighted by molar-refractivity contribution is 0.240. The number of aromatic nitrogens is 2. The van der Waals surface area contributed by atoms with Crippen molar-refractivity contribution in [3.63, 3.8) is 0 Å². The Labute approximate surface area is 149 Å². The minimum absolute atomic E-state index is 0. The summed E-state index contributed by atoms with van der Waals surface area (Å²) in [5.41, 5.74) is 12.8. The van der Waals surface area contributed by atoms with Gasteiger partial charge in [0.25, 0.3) is 0 Å². The Morgan fingerprint density at radius 2 is 1.83 bits per heavy atom. The summed E-state index contributed by atoms with van der Waals surface area (Å²) >= 11 is 0. The zero-order valence-corrected chi connectivity index (χ0v) is 14.9. The average molecular weight is 364 g/mol. The van der Waals surface area contributed by atoms with E-state index in [0.717, 1.165) is 56.7 Å². The number of halogens is 2. The predicted molar refractivity (Wildman–Crippen MR) is 97.5 cm³/mol. The fourth-order valence-corrected chi connectivity index (χ4v) is 3.38. The number of aliphatic hydroxyl groups excluding tert-OH is 1. The van der Waals surface area contributed by atoms with E-state index in [0.29, 0.717) is 23.8 Å². The first kappa shape index (κ1) is 20.2. The van der Waals surface area contributed by atoms with Crippen LogP contribution in [0.25, 0.3) is 0 Å². The van der Waals surface area contributed by atoms with Gasteiger partial charge in [0, 0.05) is 37.7 Å². The Balaban J connectivity index is 0.00000132. The zero-order chi connectivity index (χ0) is 14.8. The number of nitrogen functional groups attached to an aromatic ring is 1. The van der Waals surface area contributed by atoms with E-state index in [4.69, 9.17) is 16.6 Å². The summed E-state index contributed by atoms with van der Waals surface area (Å²) in [5.74, 6) is 2.38. The van der Waals surface area contributed by atoms with Gasteiger partial charge < -0.3 is 21.5 Å². The third kappa shape index (κ3) is 4.83. The molecule has 0 spiro atoms. The quantitative estimate of drug-likeness (QED) is 0.752. The fourth-order valence-electron chi connectivity index (χ4n) is 3.38. The largest absolute Gasteiger partial charge is 0.396 e. The second kappa shape index (κ2) is 8.87. The Hall–Kier alpha value is -0.820. The van der Waals surface area contributed by atoms with E-state index in [1.54, 1.807) is 0 Å². The van der Waals surface area contributed by atoms with Crippen LogP contribution in [-0.2, 0) is 0 Å². The second-order valence-electron chi connectivity index (χ2n) is 6.38. The number of piperidine rings is 1. The molecule has 0 amide bonds. The molecule has 2 aliphatic rings. The normalized spacial score (nSPS) is 24.3. The SMILES string of the molecule is Cl.Cl.Nc1nc(C2CC(N)C2)cc(N2CCC(CCO)CC2)n1. The molecule has 1 aliphatic carbocycles. The van der Waals surface area contributed by atoms with Crippen LogP contribution in [0.5, 0.6) is 0 Å². The van der Waals surface area contributed by atoms with Crippen LogP contribution in [0.15, 0.2) is 6.07 Å². The van der Waals surface area contributed by atoms with E-state index in [2.05, 4.69) is 20.9 Å². The van der Waals surface area contributed by atoms with Gasteiger partial charge in [-0.2, -0.15) is 4.98 Å². The number of anilines is 2. The molecule has 0 bridgehead atoms. The van der Waals surface area contributed by atoms with Crippen molar-refractivity contribution >= 4 is 36.6 Å². The highest BCUT2D eigenvalue weighted by molar-refractivity contribution is 5.85. The Morgan fingerprint density at radius 1 is 1.17 bits per heavy atom. The second-order valence-corrected chi connectivity index (χ2v) is 6.38. The van der Waals surface area contributed by atoms with Crippen LogP contribution in [0.1, 0.15) is 43.7 Å². The molecule has 132 valence electrons. The third-order valence-corrected chi connectivity index (χ3v) is 4.82. The molecule has 1 saturated carbocycles. The smallest absolute Gasteiger partial charge is 0.222 e. The van der Waals surface area contributed by atoms with E-state index >= 15 is 0 Å². The van der Waals surface area contributed by atoms with E-state index < -0.39 is 0 Å². The van der Waals surface area contributed by atoms with Gasteiger partial charge in [0.1, 0.15) is 5.82 Å². The van der Waals surface area contributed by atoms with Crippen molar-refractivity contribution in [2.45, 2.75) is 44.1 Å². The number of rotatable bonds is 4. The standard InChI is InChI=1S/C15H25N5O.2ClH/c16-12-7-11(8-12)13-9-14(19-15(17)18-13)20-4-1-10(2-5-20)3-6-21;;/h9-12,21H,1-8,16H2,(H2,17,18,19);2*1H. The van der Waals surface area contributed by atoms with Crippen LogP contribution in [0, 0.1) is 5.92 Å². The molecule has 5 N–H and O–H groups in total. The Bertz CT molecular complexity index is 491. The van der Waals surface area contributed by atoms with Crippen molar-refractivity contribution < 1.29 is 5.11 Å². The van der Waals surface area contributed by atoms with Gasteiger partial charge >= 0.3 is 0 Å². The molecule has 6 nitrogen and oxygen atoms in total. The topological polar surface area (TPSA) is 101 Å². The number of nitrogens with two attached hydrogens (primary N) is 2. The number of hydrogen-bond donors (Lipinski definition) is 3. The summed E-state index contributed by atoms with van der Waals surface area (Å²) in [6.07, 6.45) is 5.11. The van der Waals surface area contributed by atoms with Crippen LogP contribution in [0.2, 0.25) is 0 Å². The minimum Gasteiger partial charge on any atom is -0.396 e. The molecule has 2 fully saturated rings. The lowest BCUT2D eigenvalue weighted by Crippen LogP contribution is -2.36. The summed E-state index contributed by atoms with van der Waals surface area (Å²) in [4.78, 5) is 11.1. The van der Waals surface area contributed by atoms with Gasteiger partial charge in [-0.05, 0) is 38.0 Å². The van der Waals surface area contributed by atoms with E-state index in [1.165, 1.54) is 0 Å². The van der Waals surface area contributed by atoms with Gasteiger partial charge in [-0.3, -0.25) is 0 Å². The van der Waals surface area contributed by atoms with Crippen LogP contribution >= 0.6 is 24.8 Å². The van der Waals surface area contributed by atoms with Gasteiger partial charge in [-0.25, -0.2) is 4.98 Å². The number of aliphatic hydroxyl groups is 1. The van der Waals surface area contributed by atoms with E-state index in [1.807, 2.05) is 0 Å². The molecule has 23 heavy (non-hydrogen) atoms. The van der Waals surface area contributed by atoms with Gasteiger partial charge in [-0.1, -0.05) is 0 Å². The van der Waals surface area contributed by atoms with Gasteiger partial charge in [-0.15, -0.1) is 24.8 Å². The third-order valence-electron chi connectivity index (χ3n) is 4.82. The molecular formula is C15H27Cl2N5O. The Morgan fingerprint density at radius 3 is 2.39 bits per heavy atom. The maximum absolute atomic E-state index is 9.03. The number of hydrogen-bond acceptors (Lipinski definition) is 6. The van der Waals surface area contributed by atoms with Crippen LogP contribution in [0.3, 0.4) is 0 Å². The van der Waals surface area contributed by atoms with Gasteiger partial charge in [0.2, 0.25) is 5.95 Å². The molecule has 0 radical (unpaired) electrons. The fraction of sp³-hybridized carbons (Fsp3) is 0.733. The molecule has 8 heteroatoms. The highest BCUT2D eigenvalue weighted by Crippen LogP contribution is 2.36. The van der Waals surface area contributed by atoms with Crippen LogP contribution in [0.4, 0.5) is 11.8 Å². The maximum atomic E-state index is 9.03. The molecule has 1 aromatic rings. The molecule has 0 aromatic carbocycles. The van der Waals surface area contributed by atoms with Crippen molar-refractivity contribution in [1.29, 1.82) is 0 Å². The first-order chi connectivity index (χ1) is 10.2. The first-order valence-corrected chi connectivity index (χ1v) is 7.91. The van der Waals surface area contributed by atoms with E-state index in [-0.39, 0.29) is 31.4 Å². The summed E-state index contributed by atoms with van der Waals surface area (Å²) in [7, 11) is 0. The van der Waals surface area contributed by atoms with E-state index in [9.17, 15) is 0 Å². The van der Waals surface area contributed by atoms with Crippen molar-refractivity contribution in [2.24, 2.45) is 11.7 Å². The number of nitrogens with zero attached hydrogens (tertiary/aromatic N) is 3. The molecule has 1 aromatic heterocycles. The maximum Gasteiger partial charge on any atom is 0.222 e. The summed E-state index contributed by atoms with van der Waals surface area (Å²) in [6, 6.07) is 2.39. The summed E-state index contributed by atoms with van der Waals surface area (Å²) < 4.78 is 0. The predicted octanol–water partition coefficient (Wildman–Crippen LogP) is 1.71. The molecule has 2 heterocycles. The van der Waals surface area contributed by atoms with Crippen molar-refractivity contribution in [3.05, 3.63) is 11.8 Å². The lowest BCUT2D eigenvalue weighted by atomic mass is 9.78. The minimum atomic E-state index is 0. The monoisotopic (exact) mass is 363 g/mol. The molecular weight excluding hydrogens is 337 g/mol. The van der Waals surface area contributed by atoms with Gasteiger partial charge in [0.15, 0.2) is 0 Å². The zero-order valence-electron chi connectivity index (χ0n) is 13.2. The first-order valence-electron chi connectivity index (χ1n) is 7.91.